The van der Waals surface area contributed by atoms with Crippen LogP contribution >= 0.6 is 11.8 Å². The van der Waals surface area contributed by atoms with Crippen molar-refractivity contribution < 1.29 is 4.52 Å². The summed E-state index contributed by atoms with van der Waals surface area (Å²) in [6.45, 7) is 2.40. The lowest BCUT2D eigenvalue weighted by Crippen LogP contribution is -1.95. The van der Waals surface area contributed by atoms with Crippen LogP contribution < -0.4 is 5.73 Å². The fourth-order valence-corrected chi connectivity index (χ4v) is 1.98. The van der Waals surface area contributed by atoms with Gasteiger partial charge in [0.2, 0.25) is 11.7 Å². The van der Waals surface area contributed by atoms with E-state index in [0.29, 0.717) is 11.7 Å². The highest BCUT2D eigenvalue weighted by Crippen LogP contribution is 2.22. The summed E-state index contributed by atoms with van der Waals surface area (Å²) in [6.07, 6.45) is 0. The molecular weight excluding hydrogens is 222 g/mol. The first-order chi connectivity index (χ1) is 7.83. The van der Waals surface area contributed by atoms with Crippen LogP contribution in [0.25, 0.3) is 11.4 Å². The van der Waals surface area contributed by atoms with Gasteiger partial charge in [-0.1, -0.05) is 12.1 Å². The second kappa shape index (κ2) is 5.14. The summed E-state index contributed by atoms with van der Waals surface area (Å²) < 4.78 is 4.95. The van der Waals surface area contributed by atoms with Crippen molar-refractivity contribution in [2.45, 2.75) is 18.4 Å². The summed E-state index contributed by atoms with van der Waals surface area (Å²) in [6, 6.07) is 8.09. The molecule has 0 bridgehead atoms. The van der Waals surface area contributed by atoms with Crippen LogP contribution in [0.4, 0.5) is 0 Å². The molecule has 5 heteroatoms. The predicted octanol–water partition coefficient (Wildman–Crippen LogP) is 2.31. The number of hydrogen-bond acceptors (Lipinski definition) is 5. The lowest BCUT2D eigenvalue weighted by atomic mass is 10.2. The summed E-state index contributed by atoms with van der Waals surface area (Å²) in [7, 11) is 0. The third-order valence-electron chi connectivity index (χ3n) is 2.07. The van der Waals surface area contributed by atoms with Gasteiger partial charge in [-0.25, -0.2) is 0 Å². The van der Waals surface area contributed by atoms with Crippen molar-refractivity contribution in [3.63, 3.8) is 0 Å². The van der Waals surface area contributed by atoms with Crippen LogP contribution in [0.15, 0.2) is 33.7 Å². The quantitative estimate of drug-likeness (QED) is 0.824. The number of aromatic nitrogens is 2. The number of benzene rings is 1. The van der Waals surface area contributed by atoms with E-state index >= 15 is 0 Å². The summed E-state index contributed by atoms with van der Waals surface area (Å²) in [5.41, 5.74) is 6.35. The van der Waals surface area contributed by atoms with Gasteiger partial charge in [0.05, 0.1) is 6.54 Å². The maximum atomic E-state index is 5.41. The maximum absolute atomic E-state index is 5.41. The minimum atomic E-state index is 0.275. The molecule has 4 nitrogen and oxygen atoms in total. The summed E-state index contributed by atoms with van der Waals surface area (Å²) in [4.78, 5) is 5.41. The maximum Gasteiger partial charge on any atom is 0.240 e. The van der Waals surface area contributed by atoms with E-state index in [0.717, 1.165) is 11.3 Å². The van der Waals surface area contributed by atoms with Gasteiger partial charge in [0.25, 0.3) is 0 Å². The molecule has 0 saturated carbocycles. The van der Waals surface area contributed by atoms with Crippen molar-refractivity contribution in [3.05, 3.63) is 30.2 Å². The molecule has 2 N–H and O–H groups in total. The average molecular weight is 235 g/mol. The van der Waals surface area contributed by atoms with Crippen molar-refractivity contribution in [2.24, 2.45) is 5.73 Å². The third kappa shape index (κ3) is 2.43. The van der Waals surface area contributed by atoms with E-state index < -0.39 is 0 Å². The summed E-state index contributed by atoms with van der Waals surface area (Å²) in [5.74, 6) is 2.12. The Hall–Kier alpha value is -1.33. The molecule has 0 unspecified atom stereocenters. The molecule has 0 aliphatic carbocycles. The van der Waals surface area contributed by atoms with Gasteiger partial charge in [0.15, 0.2) is 0 Å². The summed E-state index contributed by atoms with van der Waals surface area (Å²) >= 11 is 1.80. The largest absolute Gasteiger partial charge is 0.338 e. The molecule has 1 heterocycles. The van der Waals surface area contributed by atoms with Gasteiger partial charge >= 0.3 is 0 Å². The molecule has 0 aliphatic heterocycles. The number of rotatable bonds is 4. The third-order valence-corrected chi connectivity index (χ3v) is 2.96. The molecule has 1 aromatic heterocycles. The molecule has 84 valence electrons. The Kier molecular flexibility index (Phi) is 3.58. The molecule has 0 fully saturated rings. The Morgan fingerprint density at radius 3 is 2.62 bits per heavy atom. The van der Waals surface area contributed by atoms with E-state index in [2.05, 4.69) is 29.2 Å². The molecule has 0 atom stereocenters. The topological polar surface area (TPSA) is 64.9 Å². The first kappa shape index (κ1) is 11.2. The minimum absolute atomic E-state index is 0.275. The fraction of sp³-hybridized carbons (Fsp3) is 0.273. The van der Waals surface area contributed by atoms with E-state index in [9.17, 15) is 0 Å². The molecular formula is C11H13N3OS. The van der Waals surface area contributed by atoms with E-state index in [4.69, 9.17) is 10.3 Å². The first-order valence-electron chi connectivity index (χ1n) is 5.09. The summed E-state index contributed by atoms with van der Waals surface area (Å²) in [5, 5.41) is 3.86. The van der Waals surface area contributed by atoms with Gasteiger partial charge in [0.1, 0.15) is 0 Å². The van der Waals surface area contributed by atoms with E-state index in [1.54, 1.807) is 11.8 Å². The van der Waals surface area contributed by atoms with Gasteiger partial charge < -0.3 is 10.3 Å². The predicted molar refractivity (Wildman–Crippen MR) is 64.0 cm³/mol. The molecule has 2 aromatic rings. The number of nitrogens with two attached hydrogens (primary N) is 1. The molecule has 0 aliphatic rings. The SMILES string of the molecule is CCSc1ccc(-c2noc(CN)n2)cc1. The molecule has 0 radical (unpaired) electrons. The van der Waals surface area contributed by atoms with Crippen molar-refractivity contribution in [1.29, 1.82) is 0 Å². The van der Waals surface area contributed by atoms with E-state index in [1.807, 2.05) is 12.1 Å². The number of nitrogens with zero attached hydrogens (tertiary/aromatic N) is 2. The van der Waals surface area contributed by atoms with Gasteiger partial charge in [-0.3, -0.25) is 0 Å². The van der Waals surface area contributed by atoms with Crippen molar-refractivity contribution in [3.8, 4) is 11.4 Å². The highest BCUT2D eigenvalue weighted by atomic mass is 32.2. The zero-order valence-corrected chi connectivity index (χ0v) is 9.83. The van der Waals surface area contributed by atoms with Gasteiger partial charge in [-0.05, 0) is 30.0 Å². The van der Waals surface area contributed by atoms with E-state index in [-0.39, 0.29) is 6.54 Å². The second-order valence-corrected chi connectivity index (χ2v) is 4.51. The Morgan fingerprint density at radius 2 is 2.06 bits per heavy atom. The smallest absolute Gasteiger partial charge is 0.240 e. The zero-order chi connectivity index (χ0) is 11.4. The molecule has 1 aromatic carbocycles. The van der Waals surface area contributed by atoms with Crippen LogP contribution in [0.3, 0.4) is 0 Å². The molecule has 2 rings (SSSR count). The first-order valence-corrected chi connectivity index (χ1v) is 6.08. The van der Waals surface area contributed by atoms with Crippen LogP contribution in [0, 0.1) is 0 Å². The Labute approximate surface area is 98.2 Å². The fourth-order valence-electron chi connectivity index (χ4n) is 1.32. The van der Waals surface area contributed by atoms with Crippen molar-refractivity contribution >= 4 is 11.8 Å². The van der Waals surface area contributed by atoms with Gasteiger partial charge in [-0.2, -0.15) is 4.98 Å². The molecule has 0 saturated heterocycles. The monoisotopic (exact) mass is 235 g/mol. The highest BCUT2D eigenvalue weighted by Gasteiger charge is 2.06. The minimum Gasteiger partial charge on any atom is -0.338 e. The molecule has 0 spiro atoms. The van der Waals surface area contributed by atoms with Crippen molar-refractivity contribution in [1.82, 2.24) is 10.1 Å². The van der Waals surface area contributed by atoms with Crippen LogP contribution in [0.5, 0.6) is 0 Å². The second-order valence-electron chi connectivity index (χ2n) is 3.17. The molecule has 16 heavy (non-hydrogen) atoms. The van der Waals surface area contributed by atoms with Crippen LogP contribution in [-0.2, 0) is 6.54 Å². The van der Waals surface area contributed by atoms with Gasteiger partial charge in [0, 0.05) is 10.5 Å². The average Bonchev–Trinajstić information content (AvgIpc) is 2.79. The van der Waals surface area contributed by atoms with Crippen LogP contribution in [0.2, 0.25) is 0 Å². The Bertz CT molecular complexity index is 453. The number of hydrogen-bond donors (Lipinski definition) is 1. The lowest BCUT2D eigenvalue weighted by molar-refractivity contribution is 0.380. The van der Waals surface area contributed by atoms with Crippen LogP contribution in [0.1, 0.15) is 12.8 Å². The molecule has 0 amide bonds. The normalized spacial score (nSPS) is 10.6. The Balaban J connectivity index is 2.20. The van der Waals surface area contributed by atoms with Gasteiger partial charge in [-0.15, -0.1) is 11.8 Å². The highest BCUT2D eigenvalue weighted by molar-refractivity contribution is 7.99. The number of thioether (sulfide) groups is 1. The standard InChI is InChI=1S/C11H13N3OS/c1-2-16-9-5-3-8(4-6-9)11-13-10(7-12)15-14-11/h3-6H,2,7,12H2,1H3. The Morgan fingerprint density at radius 1 is 1.31 bits per heavy atom. The van der Waals surface area contributed by atoms with E-state index in [1.165, 1.54) is 4.90 Å². The van der Waals surface area contributed by atoms with Crippen LogP contribution in [-0.4, -0.2) is 15.9 Å². The van der Waals surface area contributed by atoms with Crippen molar-refractivity contribution in [2.75, 3.05) is 5.75 Å². The lowest BCUT2D eigenvalue weighted by Gasteiger charge is -1.98. The zero-order valence-electron chi connectivity index (χ0n) is 9.01.